The highest BCUT2D eigenvalue weighted by Crippen LogP contribution is 2.32. The monoisotopic (exact) mass is 410 g/mol. The molecule has 0 bridgehead atoms. The number of thioether (sulfide) groups is 1. The summed E-state index contributed by atoms with van der Waals surface area (Å²) in [5, 5.41) is 16.5. The van der Waals surface area contributed by atoms with Gasteiger partial charge in [-0.3, -0.25) is 0 Å². The van der Waals surface area contributed by atoms with Crippen molar-refractivity contribution in [2.24, 2.45) is 0 Å². The maximum Gasteiger partial charge on any atom is 0.210 e. The highest BCUT2D eigenvalue weighted by Gasteiger charge is 2.12. The van der Waals surface area contributed by atoms with Crippen LogP contribution in [-0.4, -0.2) is 15.4 Å². The number of hydrogen-bond acceptors (Lipinski definition) is 8. The highest BCUT2D eigenvalue weighted by atomic mass is 32.2. The molecule has 4 aromatic rings. The van der Waals surface area contributed by atoms with Crippen molar-refractivity contribution in [1.29, 1.82) is 0 Å². The van der Waals surface area contributed by atoms with E-state index in [1.165, 1.54) is 11.3 Å². The molecule has 0 unspecified atom stereocenters. The number of nitrogens with zero attached hydrogens (tertiary/aromatic N) is 3. The third-order valence-electron chi connectivity index (χ3n) is 4.01. The predicted octanol–water partition coefficient (Wildman–Crippen LogP) is 5.97. The minimum Gasteiger partial charge on any atom is -0.457 e. The molecule has 1 N–H and O–H groups in total. The van der Waals surface area contributed by atoms with Gasteiger partial charge >= 0.3 is 0 Å². The Kier molecular flexibility index (Phi) is 5.59. The lowest BCUT2D eigenvalue weighted by Gasteiger charge is -2.06. The summed E-state index contributed by atoms with van der Waals surface area (Å²) in [6.07, 6.45) is 0. The largest absolute Gasteiger partial charge is 0.457 e. The zero-order valence-corrected chi connectivity index (χ0v) is 17.0. The summed E-state index contributed by atoms with van der Waals surface area (Å²) < 4.78 is 11.9. The number of hydrogen-bond donors (Lipinski definition) is 1. The smallest absolute Gasteiger partial charge is 0.210 e. The molecule has 2 aromatic carbocycles. The van der Waals surface area contributed by atoms with E-state index in [-0.39, 0.29) is 0 Å². The Morgan fingerprint density at radius 3 is 2.46 bits per heavy atom. The first kappa shape index (κ1) is 18.5. The van der Waals surface area contributed by atoms with E-state index in [2.05, 4.69) is 20.7 Å². The van der Waals surface area contributed by atoms with E-state index < -0.39 is 0 Å². The van der Waals surface area contributed by atoms with Gasteiger partial charge in [-0.05, 0) is 50.2 Å². The minimum atomic E-state index is 0.748. The van der Waals surface area contributed by atoms with Gasteiger partial charge in [0.25, 0.3) is 0 Å². The van der Waals surface area contributed by atoms with Crippen molar-refractivity contribution in [2.45, 2.75) is 23.9 Å². The number of aromatic nitrogens is 3. The first-order valence-corrected chi connectivity index (χ1v) is 10.5. The van der Waals surface area contributed by atoms with E-state index >= 15 is 0 Å². The van der Waals surface area contributed by atoms with Crippen molar-refractivity contribution < 1.29 is 9.26 Å². The third kappa shape index (κ3) is 4.52. The van der Waals surface area contributed by atoms with Crippen LogP contribution in [0, 0.1) is 13.8 Å². The molecule has 0 spiro atoms. The topological polar surface area (TPSA) is 73.1 Å². The summed E-state index contributed by atoms with van der Waals surface area (Å²) in [5.41, 5.74) is 2.97. The molecule has 0 atom stereocenters. The Morgan fingerprint density at radius 2 is 1.75 bits per heavy atom. The van der Waals surface area contributed by atoms with Gasteiger partial charge in [0.15, 0.2) is 4.34 Å². The Labute approximate surface area is 170 Å². The molecule has 0 saturated heterocycles. The van der Waals surface area contributed by atoms with Gasteiger partial charge in [0, 0.05) is 17.0 Å². The number of anilines is 2. The average Bonchev–Trinajstić information content (AvgIpc) is 3.29. The summed E-state index contributed by atoms with van der Waals surface area (Å²) in [4.78, 5) is 0. The fraction of sp³-hybridized carbons (Fsp3) is 0.150. The van der Waals surface area contributed by atoms with Gasteiger partial charge in [0.2, 0.25) is 5.13 Å². The standard InChI is InChI=1S/C20H18N4O2S2/c1-13-18(14(2)26-24-13)12-27-20-23-22-19(28-20)21-15-8-10-17(11-9-15)25-16-6-4-3-5-7-16/h3-11H,12H2,1-2H3,(H,21,22). The van der Waals surface area contributed by atoms with E-state index in [9.17, 15) is 0 Å². The molecule has 142 valence electrons. The number of rotatable bonds is 7. The second kappa shape index (κ2) is 8.45. The van der Waals surface area contributed by atoms with Crippen molar-refractivity contribution >= 4 is 33.9 Å². The fourth-order valence-corrected chi connectivity index (χ4v) is 4.44. The Bertz CT molecular complexity index is 1030. The number of ether oxygens (including phenoxy) is 1. The quantitative estimate of drug-likeness (QED) is 0.376. The molecule has 0 aliphatic rings. The minimum absolute atomic E-state index is 0.748. The van der Waals surface area contributed by atoms with Gasteiger partial charge in [-0.15, -0.1) is 10.2 Å². The molecule has 2 aromatic heterocycles. The number of aryl methyl sites for hydroxylation is 2. The predicted molar refractivity (Wildman–Crippen MR) is 112 cm³/mol. The average molecular weight is 411 g/mol. The van der Waals surface area contributed by atoms with E-state index in [0.717, 1.165) is 49.4 Å². The Morgan fingerprint density at radius 1 is 1.00 bits per heavy atom. The lowest BCUT2D eigenvalue weighted by molar-refractivity contribution is 0.392. The molecule has 2 heterocycles. The van der Waals surface area contributed by atoms with E-state index in [0.29, 0.717) is 0 Å². The van der Waals surface area contributed by atoms with Crippen LogP contribution < -0.4 is 10.1 Å². The van der Waals surface area contributed by atoms with Crippen LogP contribution in [0.2, 0.25) is 0 Å². The van der Waals surface area contributed by atoms with Crippen LogP contribution in [0.25, 0.3) is 0 Å². The summed E-state index contributed by atoms with van der Waals surface area (Å²) in [5.74, 6) is 3.21. The van der Waals surface area contributed by atoms with Gasteiger partial charge in [0.05, 0.1) is 5.69 Å². The van der Waals surface area contributed by atoms with Crippen LogP contribution in [0.1, 0.15) is 17.0 Å². The zero-order valence-electron chi connectivity index (χ0n) is 15.4. The number of nitrogens with one attached hydrogen (secondary N) is 1. The molecule has 8 heteroatoms. The SMILES string of the molecule is Cc1noc(C)c1CSc1nnc(Nc2ccc(Oc3ccccc3)cc2)s1. The van der Waals surface area contributed by atoms with Crippen LogP contribution in [-0.2, 0) is 5.75 Å². The Balaban J connectivity index is 1.34. The molecular formula is C20H18N4O2S2. The first-order valence-electron chi connectivity index (χ1n) is 8.65. The second-order valence-electron chi connectivity index (χ2n) is 6.03. The molecule has 0 aliphatic heterocycles. The molecule has 0 fully saturated rings. The van der Waals surface area contributed by atoms with Gasteiger partial charge < -0.3 is 14.6 Å². The molecule has 0 amide bonds. The Hall–Kier alpha value is -2.84. The third-order valence-corrected chi connectivity index (χ3v) is 6.01. The second-order valence-corrected chi connectivity index (χ2v) is 8.23. The molecule has 0 aliphatic carbocycles. The lowest BCUT2D eigenvalue weighted by Crippen LogP contribution is -1.90. The van der Waals surface area contributed by atoms with Crippen LogP contribution >= 0.6 is 23.1 Å². The molecule has 6 nitrogen and oxygen atoms in total. The van der Waals surface area contributed by atoms with Crippen LogP contribution in [0.15, 0.2) is 63.5 Å². The number of benzene rings is 2. The van der Waals surface area contributed by atoms with Gasteiger partial charge in [-0.25, -0.2) is 0 Å². The fourth-order valence-electron chi connectivity index (χ4n) is 2.51. The summed E-state index contributed by atoms with van der Waals surface area (Å²) >= 11 is 3.14. The van der Waals surface area contributed by atoms with Crippen molar-refractivity contribution in [3.05, 3.63) is 71.6 Å². The van der Waals surface area contributed by atoms with Crippen LogP contribution in [0.4, 0.5) is 10.8 Å². The maximum atomic E-state index is 5.81. The van der Waals surface area contributed by atoms with Crippen LogP contribution in [0.3, 0.4) is 0 Å². The normalized spacial score (nSPS) is 10.8. The zero-order chi connectivity index (χ0) is 19.3. The van der Waals surface area contributed by atoms with Gasteiger partial charge in [-0.2, -0.15) is 0 Å². The summed E-state index contributed by atoms with van der Waals surface area (Å²) in [6.45, 7) is 3.87. The summed E-state index contributed by atoms with van der Waals surface area (Å²) in [7, 11) is 0. The molecule has 0 saturated carbocycles. The first-order chi connectivity index (χ1) is 13.7. The van der Waals surface area contributed by atoms with Crippen molar-refractivity contribution in [2.75, 3.05) is 5.32 Å². The number of para-hydroxylation sites is 1. The van der Waals surface area contributed by atoms with E-state index in [1.807, 2.05) is 68.4 Å². The van der Waals surface area contributed by atoms with Crippen LogP contribution in [0.5, 0.6) is 11.5 Å². The van der Waals surface area contributed by atoms with Crippen molar-refractivity contribution in [1.82, 2.24) is 15.4 Å². The van der Waals surface area contributed by atoms with Gasteiger partial charge in [-0.1, -0.05) is 46.5 Å². The molecule has 28 heavy (non-hydrogen) atoms. The molecule has 0 radical (unpaired) electrons. The lowest BCUT2D eigenvalue weighted by atomic mass is 10.2. The molecule has 4 rings (SSSR count). The van der Waals surface area contributed by atoms with Crippen molar-refractivity contribution in [3.63, 3.8) is 0 Å². The maximum absolute atomic E-state index is 5.81. The van der Waals surface area contributed by atoms with E-state index in [4.69, 9.17) is 9.26 Å². The van der Waals surface area contributed by atoms with Gasteiger partial charge in [0.1, 0.15) is 17.3 Å². The summed E-state index contributed by atoms with van der Waals surface area (Å²) in [6, 6.07) is 17.5. The molecular weight excluding hydrogens is 392 g/mol. The highest BCUT2D eigenvalue weighted by molar-refractivity contribution is 8.00. The van der Waals surface area contributed by atoms with E-state index in [1.54, 1.807) is 11.8 Å². The van der Waals surface area contributed by atoms with Crippen molar-refractivity contribution in [3.8, 4) is 11.5 Å².